The largest absolute Gasteiger partial charge is 0.433 e. The Bertz CT molecular complexity index is 624. The Morgan fingerprint density at radius 2 is 1.84 bits per heavy atom. The predicted molar refractivity (Wildman–Crippen MR) is 62.0 cm³/mol. The highest BCUT2D eigenvalue weighted by atomic mass is 19.4. The molecular weight excluding hydrogens is 259 g/mol. The predicted octanol–water partition coefficient (Wildman–Crippen LogP) is 2.59. The van der Waals surface area contributed by atoms with Crippen LogP contribution in [0.25, 0.3) is 11.5 Å². The lowest BCUT2D eigenvalue weighted by Crippen LogP contribution is -2.08. The van der Waals surface area contributed by atoms with Gasteiger partial charge in [0.2, 0.25) is 0 Å². The monoisotopic (exact) mass is 267 g/mol. The maximum absolute atomic E-state index is 12.6. The molecule has 98 valence electrons. The molecule has 2 aromatic heterocycles. The summed E-state index contributed by atoms with van der Waals surface area (Å²) in [6.45, 7) is 4.84. The lowest BCUT2D eigenvalue weighted by Gasteiger charge is -2.07. The van der Waals surface area contributed by atoms with E-state index in [4.69, 9.17) is 0 Å². The third-order valence-electron chi connectivity index (χ3n) is 2.15. The second-order valence-corrected chi connectivity index (χ2v) is 3.57. The van der Waals surface area contributed by atoms with Crippen LogP contribution in [0.5, 0.6) is 0 Å². The molecule has 0 atom stereocenters. The van der Waals surface area contributed by atoms with E-state index >= 15 is 0 Å². The van der Waals surface area contributed by atoms with Crippen LogP contribution in [0.3, 0.4) is 0 Å². The second kappa shape index (κ2) is 4.71. The minimum Gasteiger partial charge on any atom is -0.240 e. The van der Waals surface area contributed by atoms with Crippen LogP contribution in [0.15, 0.2) is 23.2 Å². The van der Waals surface area contributed by atoms with Crippen molar-refractivity contribution in [2.45, 2.75) is 13.1 Å². The van der Waals surface area contributed by atoms with Crippen LogP contribution in [-0.2, 0) is 6.18 Å². The molecule has 0 radical (unpaired) electrons. The van der Waals surface area contributed by atoms with Gasteiger partial charge in [0.25, 0.3) is 5.95 Å². The average Bonchev–Trinajstić information content (AvgIpc) is 2.37. The van der Waals surface area contributed by atoms with Crippen LogP contribution < -0.4 is 0 Å². The Morgan fingerprint density at radius 1 is 1.11 bits per heavy atom. The number of nitrogens with zero attached hydrogens (tertiary/aromatic N) is 5. The highest BCUT2D eigenvalue weighted by molar-refractivity contribution is 5.51. The summed E-state index contributed by atoms with van der Waals surface area (Å²) in [5.41, 5.74) is -0.999. The van der Waals surface area contributed by atoms with Crippen molar-refractivity contribution in [1.82, 2.24) is 19.9 Å². The van der Waals surface area contributed by atoms with E-state index in [1.165, 1.54) is 12.1 Å². The molecule has 0 N–H and O–H groups in total. The van der Waals surface area contributed by atoms with Crippen molar-refractivity contribution in [2.75, 3.05) is 0 Å². The van der Waals surface area contributed by atoms with Gasteiger partial charge in [-0.15, -0.1) is 0 Å². The van der Waals surface area contributed by atoms with E-state index in [1.807, 2.05) is 0 Å². The molecule has 0 fully saturated rings. The summed E-state index contributed by atoms with van der Waals surface area (Å²) in [6.07, 6.45) is -4.52. The first kappa shape index (κ1) is 13.1. The van der Waals surface area contributed by atoms with Crippen LogP contribution in [-0.4, -0.2) is 26.7 Å². The zero-order valence-corrected chi connectivity index (χ0v) is 9.81. The molecule has 0 saturated heterocycles. The van der Waals surface area contributed by atoms with E-state index in [0.29, 0.717) is 5.82 Å². The van der Waals surface area contributed by atoms with Crippen molar-refractivity contribution in [3.05, 3.63) is 29.7 Å². The SMILES string of the molecule is C=Nc1nc(C)nc(-c2cccc(C(F)(F)F)n2)n1. The van der Waals surface area contributed by atoms with Crippen molar-refractivity contribution < 1.29 is 13.2 Å². The first-order chi connectivity index (χ1) is 8.90. The minimum absolute atomic E-state index is 0.00484. The number of pyridine rings is 1. The molecule has 0 aliphatic heterocycles. The maximum Gasteiger partial charge on any atom is 0.433 e. The lowest BCUT2D eigenvalue weighted by molar-refractivity contribution is -0.141. The first-order valence-electron chi connectivity index (χ1n) is 5.14. The Hall–Kier alpha value is -2.38. The fraction of sp³-hybridized carbons (Fsp3) is 0.182. The number of aromatic nitrogens is 4. The highest BCUT2D eigenvalue weighted by Crippen LogP contribution is 2.28. The van der Waals surface area contributed by atoms with Crippen molar-refractivity contribution in [1.29, 1.82) is 0 Å². The van der Waals surface area contributed by atoms with E-state index in [9.17, 15) is 13.2 Å². The summed E-state index contributed by atoms with van der Waals surface area (Å²) in [5.74, 6) is 0.398. The molecule has 0 bridgehead atoms. The van der Waals surface area contributed by atoms with Gasteiger partial charge in [-0.1, -0.05) is 6.07 Å². The molecule has 0 aliphatic rings. The summed E-state index contributed by atoms with van der Waals surface area (Å²) in [6, 6.07) is 3.51. The molecule has 2 heterocycles. The van der Waals surface area contributed by atoms with Gasteiger partial charge in [0, 0.05) is 0 Å². The number of hydrogen-bond acceptors (Lipinski definition) is 5. The molecule has 0 saturated carbocycles. The van der Waals surface area contributed by atoms with Crippen LogP contribution in [0.2, 0.25) is 0 Å². The Labute approximate surface area is 106 Å². The molecule has 0 unspecified atom stereocenters. The molecule has 19 heavy (non-hydrogen) atoms. The normalized spacial score (nSPS) is 11.4. The van der Waals surface area contributed by atoms with Gasteiger partial charge in [0.1, 0.15) is 17.2 Å². The Kier molecular flexibility index (Phi) is 3.24. The zero-order chi connectivity index (χ0) is 14.0. The van der Waals surface area contributed by atoms with E-state index in [-0.39, 0.29) is 17.5 Å². The number of alkyl halides is 3. The van der Waals surface area contributed by atoms with Gasteiger partial charge in [0.15, 0.2) is 5.82 Å². The van der Waals surface area contributed by atoms with Gasteiger partial charge >= 0.3 is 6.18 Å². The zero-order valence-electron chi connectivity index (χ0n) is 9.81. The molecule has 0 spiro atoms. The van der Waals surface area contributed by atoms with Crippen LogP contribution in [0.4, 0.5) is 19.1 Å². The summed E-state index contributed by atoms with van der Waals surface area (Å²) < 4.78 is 37.7. The van der Waals surface area contributed by atoms with Crippen LogP contribution in [0, 0.1) is 6.92 Å². The third kappa shape index (κ3) is 2.90. The van der Waals surface area contributed by atoms with Gasteiger partial charge in [-0.2, -0.15) is 23.1 Å². The quantitative estimate of drug-likeness (QED) is 0.784. The fourth-order valence-corrected chi connectivity index (χ4v) is 1.37. The van der Waals surface area contributed by atoms with E-state index in [2.05, 4.69) is 31.6 Å². The fourth-order valence-electron chi connectivity index (χ4n) is 1.37. The summed E-state index contributed by atoms with van der Waals surface area (Å²) in [5, 5.41) is 0. The van der Waals surface area contributed by atoms with Crippen LogP contribution >= 0.6 is 0 Å². The smallest absolute Gasteiger partial charge is 0.240 e. The van der Waals surface area contributed by atoms with Gasteiger partial charge < -0.3 is 0 Å². The average molecular weight is 267 g/mol. The summed E-state index contributed by atoms with van der Waals surface area (Å²) in [7, 11) is 0. The first-order valence-corrected chi connectivity index (χ1v) is 5.14. The van der Waals surface area contributed by atoms with Gasteiger partial charge in [-0.05, 0) is 25.8 Å². The molecule has 0 aliphatic carbocycles. The van der Waals surface area contributed by atoms with Crippen molar-refractivity contribution in [3.63, 3.8) is 0 Å². The molecule has 2 rings (SSSR count). The van der Waals surface area contributed by atoms with Gasteiger partial charge in [0.05, 0.1) is 0 Å². The molecule has 0 aromatic carbocycles. The van der Waals surface area contributed by atoms with Gasteiger partial charge in [-0.3, -0.25) is 0 Å². The molecule has 0 amide bonds. The number of aryl methyl sites for hydroxylation is 1. The number of rotatable bonds is 2. The molecule has 8 heteroatoms. The second-order valence-electron chi connectivity index (χ2n) is 3.57. The lowest BCUT2D eigenvalue weighted by atomic mass is 10.3. The standard InChI is InChI=1S/C11H8F3N5/c1-6-16-9(19-10(15-2)17-6)7-4-3-5-8(18-7)11(12,13)14/h3-5H,2H2,1H3. The number of aliphatic imine (C=N–C) groups is 1. The van der Waals surface area contributed by atoms with Gasteiger partial charge in [-0.25, -0.2) is 15.0 Å². The van der Waals surface area contributed by atoms with E-state index in [1.54, 1.807) is 6.92 Å². The van der Waals surface area contributed by atoms with Crippen LogP contribution in [0.1, 0.15) is 11.5 Å². The topological polar surface area (TPSA) is 63.9 Å². The number of halogens is 3. The van der Waals surface area contributed by atoms with E-state index < -0.39 is 11.9 Å². The Morgan fingerprint density at radius 3 is 2.47 bits per heavy atom. The minimum atomic E-state index is -4.52. The summed E-state index contributed by atoms with van der Waals surface area (Å²) in [4.78, 5) is 18.7. The molecule has 2 aromatic rings. The van der Waals surface area contributed by atoms with E-state index in [0.717, 1.165) is 6.07 Å². The number of hydrogen-bond donors (Lipinski definition) is 0. The maximum atomic E-state index is 12.6. The van der Waals surface area contributed by atoms with Crippen molar-refractivity contribution >= 4 is 12.7 Å². The van der Waals surface area contributed by atoms with Crippen molar-refractivity contribution in [3.8, 4) is 11.5 Å². The molecular formula is C11H8F3N5. The molecule has 5 nitrogen and oxygen atoms in total. The highest BCUT2D eigenvalue weighted by Gasteiger charge is 2.32. The Balaban J connectivity index is 2.53. The summed E-state index contributed by atoms with van der Waals surface area (Å²) >= 11 is 0. The van der Waals surface area contributed by atoms with Crippen molar-refractivity contribution in [2.24, 2.45) is 4.99 Å². The third-order valence-corrected chi connectivity index (χ3v) is 2.15.